The lowest BCUT2D eigenvalue weighted by molar-refractivity contribution is -0.142. The van der Waals surface area contributed by atoms with Crippen molar-refractivity contribution in [3.05, 3.63) is 0 Å². The average Bonchev–Trinajstić information content (AvgIpc) is 2.26. The van der Waals surface area contributed by atoms with Gasteiger partial charge in [-0.3, -0.25) is 9.69 Å². The van der Waals surface area contributed by atoms with Crippen molar-refractivity contribution in [3.63, 3.8) is 0 Å². The molecule has 1 amide bonds. The molecule has 2 aliphatic heterocycles. The van der Waals surface area contributed by atoms with Crippen molar-refractivity contribution in [2.24, 2.45) is 5.73 Å². The van der Waals surface area contributed by atoms with E-state index in [0.717, 1.165) is 13.1 Å². The lowest BCUT2D eigenvalue weighted by Gasteiger charge is -2.48. The Kier molecular flexibility index (Phi) is 3.46. The largest absolute Gasteiger partial charge is 0.336 e. The highest BCUT2D eigenvalue weighted by molar-refractivity contribution is 5.85. The Morgan fingerprint density at radius 2 is 2.00 bits per heavy atom. The monoisotopic (exact) mass is 239 g/mol. The van der Waals surface area contributed by atoms with Crippen LogP contribution in [-0.4, -0.2) is 53.0 Å². The highest BCUT2D eigenvalue weighted by Gasteiger charge is 2.38. The fraction of sp³-hybridized carbons (Fsp3) is 0.923. The lowest BCUT2D eigenvalue weighted by Crippen LogP contribution is -2.64. The third-order valence-corrected chi connectivity index (χ3v) is 4.00. The molecule has 0 aromatic carbocycles. The predicted molar refractivity (Wildman–Crippen MR) is 68.7 cm³/mol. The lowest BCUT2D eigenvalue weighted by atomic mass is 9.95. The van der Waals surface area contributed by atoms with E-state index in [1.807, 2.05) is 4.90 Å². The molecule has 0 spiro atoms. The van der Waals surface area contributed by atoms with E-state index in [9.17, 15) is 4.79 Å². The number of carbonyl (C=O) groups is 1. The number of fused-ring (bicyclic) bond motifs is 1. The van der Waals surface area contributed by atoms with Gasteiger partial charge in [0.25, 0.3) is 0 Å². The Hall–Kier alpha value is -0.610. The van der Waals surface area contributed by atoms with Gasteiger partial charge >= 0.3 is 0 Å². The zero-order chi connectivity index (χ0) is 12.6. The molecule has 0 aromatic rings. The standard InChI is InChI=1S/C13H25N3O/c1-10-8-15-7-5-4-6-11(15)9-16(10)12(17)13(2,3)14/h10-11H,4-9,14H2,1-3H3. The van der Waals surface area contributed by atoms with Crippen LogP contribution in [0.1, 0.15) is 40.0 Å². The van der Waals surface area contributed by atoms with Crippen LogP contribution < -0.4 is 5.73 Å². The first-order valence-corrected chi connectivity index (χ1v) is 6.73. The summed E-state index contributed by atoms with van der Waals surface area (Å²) >= 11 is 0. The van der Waals surface area contributed by atoms with Gasteiger partial charge < -0.3 is 10.6 Å². The fourth-order valence-electron chi connectivity index (χ4n) is 3.01. The van der Waals surface area contributed by atoms with Crippen LogP contribution in [-0.2, 0) is 4.79 Å². The van der Waals surface area contributed by atoms with Crippen LogP contribution >= 0.6 is 0 Å². The summed E-state index contributed by atoms with van der Waals surface area (Å²) in [7, 11) is 0. The molecule has 98 valence electrons. The van der Waals surface area contributed by atoms with E-state index in [4.69, 9.17) is 5.73 Å². The van der Waals surface area contributed by atoms with Crippen molar-refractivity contribution in [3.8, 4) is 0 Å². The molecule has 0 bridgehead atoms. The van der Waals surface area contributed by atoms with Gasteiger partial charge in [-0.05, 0) is 40.2 Å². The number of carbonyl (C=O) groups excluding carboxylic acids is 1. The van der Waals surface area contributed by atoms with Crippen molar-refractivity contribution in [2.45, 2.75) is 57.7 Å². The van der Waals surface area contributed by atoms with Gasteiger partial charge in [0.15, 0.2) is 0 Å². The minimum atomic E-state index is -0.745. The molecule has 2 atom stereocenters. The molecular formula is C13H25N3O. The molecule has 2 fully saturated rings. The number of nitrogens with two attached hydrogens (primary N) is 1. The molecule has 4 nitrogen and oxygen atoms in total. The highest BCUT2D eigenvalue weighted by atomic mass is 16.2. The molecule has 0 radical (unpaired) electrons. The Balaban J connectivity index is 2.07. The molecule has 4 heteroatoms. The zero-order valence-corrected chi connectivity index (χ0v) is 11.3. The van der Waals surface area contributed by atoms with Gasteiger partial charge in [-0.1, -0.05) is 6.42 Å². The summed E-state index contributed by atoms with van der Waals surface area (Å²) in [5.41, 5.74) is 5.19. The second-order valence-electron chi connectivity index (χ2n) is 6.17. The van der Waals surface area contributed by atoms with Gasteiger partial charge in [0.1, 0.15) is 0 Å². The van der Waals surface area contributed by atoms with Crippen LogP contribution in [0.4, 0.5) is 0 Å². The van der Waals surface area contributed by atoms with Crippen LogP contribution in [0.15, 0.2) is 0 Å². The summed E-state index contributed by atoms with van der Waals surface area (Å²) in [5.74, 6) is 0.0928. The second kappa shape index (κ2) is 4.58. The first kappa shape index (κ1) is 12.8. The van der Waals surface area contributed by atoms with Gasteiger partial charge in [0.2, 0.25) is 5.91 Å². The van der Waals surface area contributed by atoms with Crippen molar-refractivity contribution in [1.82, 2.24) is 9.80 Å². The zero-order valence-electron chi connectivity index (χ0n) is 11.3. The van der Waals surface area contributed by atoms with E-state index >= 15 is 0 Å². The number of hydrogen-bond acceptors (Lipinski definition) is 3. The summed E-state index contributed by atoms with van der Waals surface area (Å²) in [6, 6.07) is 0.853. The number of hydrogen-bond donors (Lipinski definition) is 1. The molecular weight excluding hydrogens is 214 g/mol. The molecule has 2 N–H and O–H groups in total. The van der Waals surface area contributed by atoms with E-state index in [1.165, 1.54) is 25.8 Å². The molecule has 2 aliphatic rings. The SMILES string of the molecule is CC1CN2CCCCC2CN1C(=O)C(C)(C)N. The van der Waals surface area contributed by atoms with Gasteiger partial charge in [0, 0.05) is 25.2 Å². The van der Waals surface area contributed by atoms with Crippen LogP contribution in [0.5, 0.6) is 0 Å². The molecule has 2 heterocycles. The topological polar surface area (TPSA) is 49.6 Å². The summed E-state index contributed by atoms with van der Waals surface area (Å²) in [6.45, 7) is 8.80. The summed E-state index contributed by atoms with van der Waals surface area (Å²) in [5, 5.41) is 0. The number of amides is 1. The Morgan fingerprint density at radius 3 is 2.65 bits per heavy atom. The maximum atomic E-state index is 12.3. The minimum Gasteiger partial charge on any atom is -0.336 e. The van der Waals surface area contributed by atoms with Crippen molar-refractivity contribution in [2.75, 3.05) is 19.6 Å². The normalized spacial score (nSPS) is 31.2. The molecule has 2 saturated heterocycles. The number of piperazine rings is 1. The molecule has 17 heavy (non-hydrogen) atoms. The quantitative estimate of drug-likeness (QED) is 0.736. The van der Waals surface area contributed by atoms with Crippen LogP contribution in [0.3, 0.4) is 0 Å². The van der Waals surface area contributed by atoms with Gasteiger partial charge in [-0.15, -0.1) is 0 Å². The minimum absolute atomic E-state index is 0.0928. The van der Waals surface area contributed by atoms with E-state index < -0.39 is 5.54 Å². The van der Waals surface area contributed by atoms with Crippen molar-refractivity contribution >= 4 is 5.91 Å². The van der Waals surface area contributed by atoms with Gasteiger partial charge in [-0.25, -0.2) is 0 Å². The van der Waals surface area contributed by atoms with E-state index in [1.54, 1.807) is 13.8 Å². The summed E-state index contributed by atoms with van der Waals surface area (Å²) in [4.78, 5) is 16.8. The van der Waals surface area contributed by atoms with Gasteiger partial charge in [0.05, 0.1) is 5.54 Å². The van der Waals surface area contributed by atoms with Crippen LogP contribution in [0.25, 0.3) is 0 Å². The predicted octanol–water partition coefficient (Wildman–Crippen LogP) is 0.809. The van der Waals surface area contributed by atoms with Crippen molar-refractivity contribution in [1.29, 1.82) is 0 Å². The van der Waals surface area contributed by atoms with E-state index in [0.29, 0.717) is 12.1 Å². The maximum Gasteiger partial charge on any atom is 0.242 e. The third-order valence-electron chi connectivity index (χ3n) is 4.00. The maximum absolute atomic E-state index is 12.3. The highest BCUT2D eigenvalue weighted by Crippen LogP contribution is 2.25. The first-order valence-electron chi connectivity index (χ1n) is 6.73. The first-order chi connectivity index (χ1) is 7.89. The Morgan fingerprint density at radius 1 is 1.29 bits per heavy atom. The Bertz CT molecular complexity index is 298. The molecule has 0 aliphatic carbocycles. The Labute approximate surface area is 104 Å². The smallest absolute Gasteiger partial charge is 0.242 e. The summed E-state index contributed by atoms with van der Waals surface area (Å²) in [6.07, 6.45) is 3.82. The number of rotatable bonds is 1. The fourth-order valence-corrected chi connectivity index (χ4v) is 3.01. The van der Waals surface area contributed by atoms with E-state index in [2.05, 4.69) is 11.8 Å². The summed E-state index contributed by atoms with van der Waals surface area (Å²) < 4.78 is 0. The van der Waals surface area contributed by atoms with Crippen LogP contribution in [0, 0.1) is 0 Å². The molecule has 2 rings (SSSR count). The third kappa shape index (κ3) is 2.63. The molecule has 0 saturated carbocycles. The van der Waals surface area contributed by atoms with Crippen LogP contribution in [0.2, 0.25) is 0 Å². The number of nitrogens with zero attached hydrogens (tertiary/aromatic N) is 2. The van der Waals surface area contributed by atoms with E-state index in [-0.39, 0.29) is 5.91 Å². The molecule has 2 unspecified atom stereocenters. The second-order valence-corrected chi connectivity index (χ2v) is 6.17. The van der Waals surface area contributed by atoms with Gasteiger partial charge in [-0.2, -0.15) is 0 Å². The average molecular weight is 239 g/mol. The van der Waals surface area contributed by atoms with Crippen molar-refractivity contribution < 1.29 is 4.79 Å². The molecule has 0 aromatic heterocycles. The number of piperidine rings is 1.